The zero-order valence-electron chi connectivity index (χ0n) is 19.9. The number of fused-ring (bicyclic) bond motifs is 1. The lowest BCUT2D eigenvalue weighted by atomic mass is 9.87. The maximum Gasteiger partial charge on any atom is 0.412 e. The van der Waals surface area contributed by atoms with Gasteiger partial charge in [0.1, 0.15) is 6.10 Å². The average molecular weight is 435 g/mol. The average Bonchev–Trinajstić information content (AvgIpc) is 2.67. The van der Waals surface area contributed by atoms with Crippen molar-refractivity contribution in [2.45, 2.75) is 72.8 Å². The van der Waals surface area contributed by atoms with Gasteiger partial charge in [0.05, 0.1) is 6.61 Å². The Morgan fingerprint density at radius 3 is 2.45 bits per heavy atom. The largest absolute Gasteiger partial charge is 0.489 e. The molecule has 7 heteroatoms. The molecule has 1 aliphatic carbocycles. The summed E-state index contributed by atoms with van der Waals surface area (Å²) >= 11 is 0. The van der Waals surface area contributed by atoms with Crippen LogP contribution in [0.2, 0.25) is 0 Å². The number of amides is 1. The lowest BCUT2D eigenvalue weighted by Crippen LogP contribution is -2.42. The van der Waals surface area contributed by atoms with Crippen LogP contribution >= 0.6 is 0 Å². The second-order valence-corrected chi connectivity index (χ2v) is 9.41. The van der Waals surface area contributed by atoms with Crippen LogP contribution in [0.4, 0.5) is 4.79 Å². The summed E-state index contributed by atoms with van der Waals surface area (Å²) in [5.74, 6) is 1.01. The third-order valence-corrected chi connectivity index (χ3v) is 5.17. The Labute approximate surface area is 186 Å². The third kappa shape index (κ3) is 6.60. The highest BCUT2D eigenvalue weighted by molar-refractivity contribution is 5.91. The molecule has 0 saturated heterocycles. The van der Waals surface area contributed by atoms with E-state index in [0.717, 1.165) is 36.8 Å². The summed E-state index contributed by atoms with van der Waals surface area (Å²) in [6.07, 6.45) is 5.95. The minimum absolute atomic E-state index is 0.0183. The van der Waals surface area contributed by atoms with Gasteiger partial charge in [0.15, 0.2) is 17.4 Å². The standard InChI is InChI=1S/C24H38N2O5/c1-7-9-11-30-20-14-18-17(13-19(20)27)15-26(16-24(3,4)5)22(25(6)23(28)29)21(18)31-12-10-8-2/h14-15,20H,7-13,16H2,1-6H3,(H,28,29). The van der Waals surface area contributed by atoms with E-state index < -0.39 is 12.2 Å². The molecule has 1 amide bonds. The van der Waals surface area contributed by atoms with E-state index in [2.05, 4.69) is 34.6 Å². The van der Waals surface area contributed by atoms with Crippen molar-refractivity contribution in [3.8, 4) is 0 Å². The summed E-state index contributed by atoms with van der Waals surface area (Å²) in [5, 5.41) is 9.76. The van der Waals surface area contributed by atoms with Crippen LogP contribution in [0.25, 0.3) is 0 Å². The number of rotatable bonds is 10. The van der Waals surface area contributed by atoms with Gasteiger partial charge in [0.2, 0.25) is 0 Å². The van der Waals surface area contributed by atoms with Crippen LogP contribution in [0.1, 0.15) is 66.7 Å². The number of allylic oxidation sites excluding steroid dienone is 1. The summed E-state index contributed by atoms with van der Waals surface area (Å²) in [4.78, 5) is 27.8. The van der Waals surface area contributed by atoms with E-state index >= 15 is 0 Å². The molecule has 0 saturated carbocycles. The van der Waals surface area contributed by atoms with Crippen LogP contribution < -0.4 is 0 Å². The van der Waals surface area contributed by atoms with Gasteiger partial charge in [0.25, 0.3) is 0 Å². The van der Waals surface area contributed by atoms with E-state index in [9.17, 15) is 14.7 Å². The number of carbonyl (C=O) groups excluding carboxylic acids is 1. The van der Waals surface area contributed by atoms with Gasteiger partial charge in [0, 0.05) is 38.4 Å². The highest BCUT2D eigenvalue weighted by Crippen LogP contribution is 2.39. The molecule has 0 bridgehead atoms. The maximum absolute atomic E-state index is 12.7. The fourth-order valence-electron chi connectivity index (χ4n) is 3.60. The molecule has 7 nitrogen and oxygen atoms in total. The molecule has 174 valence electrons. The molecule has 0 aromatic rings. The number of ether oxygens (including phenoxy) is 2. The molecule has 0 aromatic carbocycles. The molecule has 0 fully saturated rings. The molecule has 0 spiro atoms. The Balaban J connectivity index is 2.55. The van der Waals surface area contributed by atoms with Gasteiger partial charge in [-0.15, -0.1) is 0 Å². The van der Waals surface area contributed by atoms with Gasteiger partial charge in [-0.25, -0.2) is 4.79 Å². The molecular formula is C24H38N2O5. The fraction of sp³-hybridized carbons (Fsp3) is 0.667. The Kier molecular flexibility index (Phi) is 8.74. The van der Waals surface area contributed by atoms with Crippen molar-refractivity contribution in [1.29, 1.82) is 0 Å². The Morgan fingerprint density at radius 2 is 1.87 bits per heavy atom. The molecule has 1 heterocycles. The number of nitrogens with zero attached hydrogens (tertiary/aromatic N) is 2. The van der Waals surface area contributed by atoms with Crippen molar-refractivity contribution in [1.82, 2.24) is 9.80 Å². The number of hydrogen-bond donors (Lipinski definition) is 1. The summed E-state index contributed by atoms with van der Waals surface area (Å²) in [6.45, 7) is 12.0. The fourth-order valence-corrected chi connectivity index (χ4v) is 3.60. The highest BCUT2D eigenvalue weighted by atomic mass is 16.5. The number of Topliss-reactive ketones (excluding diaryl/α,β-unsaturated/α-hetero) is 1. The van der Waals surface area contributed by atoms with Crippen LogP contribution in [-0.4, -0.2) is 59.7 Å². The van der Waals surface area contributed by atoms with E-state index in [-0.39, 0.29) is 17.6 Å². The van der Waals surface area contributed by atoms with Gasteiger partial charge in [-0.05, 0) is 29.9 Å². The van der Waals surface area contributed by atoms with Crippen LogP contribution in [0, 0.1) is 5.41 Å². The van der Waals surface area contributed by atoms with Crippen molar-refractivity contribution in [3.05, 3.63) is 35.0 Å². The summed E-state index contributed by atoms with van der Waals surface area (Å²) in [5.41, 5.74) is 1.52. The second-order valence-electron chi connectivity index (χ2n) is 9.41. The number of unbranched alkanes of at least 4 members (excludes halogenated alkanes) is 2. The van der Waals surface area contributed by atoms with Gasteiger partial charge in [-0.1, -0.05) is 47.5 Å². The minimum Gasteiger partial charge on any atom is -0.489 e. The minimum atomic E-state index is -1.06. The summed E-state index contributed by atoms with van der Waals surface area (Å²) in [7, 11) is 1.53. The van der Waals surface area contributed by atoms with Crippen LogP contribution in [-0.2, 0) is 14.3 Å². The molecule has 31 heavy (non-hydrogen) atoms. The number of hydrogen-bond acceptors (Lipinski definition) is 5. The predicted molar refractivity (Wildman–Crippen MR) is 120 cm³/mol. The molecule has 1 atom stereocenters. The van der Waals surface area contributed by atoms with Crippen molar-refractivity contribution < 1.29 is 24.2 Å². The van der Waals surface area contributed by atoms with Crippen LogP contribution in [0.15, 0.2) is 35.0 Å². The van der Waals surface area contributed by atoms with Gasteiger partial charge in [-0.2, -0.15) is 0 Å². The SMILES string of the molecule is CCCCOC1=C(N(C)C(=O)O)N(CC(C)(C)C)C=C2CC(=O)C(OCCCC)C=C21. The molecule has 2 rings (SSSR count). The van der Waals surface area contributed by atoms with E-state index in [4.69, 9.17) is 9.47 Å². The van der Waals surface area contributed by atoms with Crippen LogP contribution in [0.5, 0.6) is 0 Å². The quantitative estimate of drug-likeness (QED) is 0.492. The Hall–Kier alpha value is -2.28. The first-order valence-electron chi connectivity index (χ1n) is 11.3. The first-order chi connectivity index (χ1) is 14.6. The number of ketones is 1. The smallest absolute Gasteiger partial charge is 0.412 e. The van der Waals surface area contributed by atoms with Crippen molar-refractivity contribution in [2.75, 3.05) is 26.8 Å². The van der Waals surface area contributed by atoms with Crippen LogP contribution in [0.3, 0.4) is 0 Å². The number of carbonyl (C=O) groups is 2. The normalized spacial score (nSPS) is 19.1. The molecule has 2 aliphatic rings. The van der Waals surface area contributed by atoms with E-state index in [1.807, 2.05) is 11.1 Å². The lowest BCUT2D eigenvalue weighted by molar-refractivity contribution is -0.127. The van der Waals surface area contributed by atoms with E-state index in [1.54, 1.807) is 6.08 Å². The van der Waals surface area contributed by atoms with Gasteiger partial charge in [-0.3, -0.25) is 9.69 Å². The predicted octanol–water partition coefficient (Wildman–Crippen LogP) is 4.91. The maximum atomic E-state index is 12.7. The van der Waals surface area contributed by atoms with E-state index in [0.29, 0.717) is 31.3 Å². The highest BCUT2D eigenvalue weighted by Gasteiger charge is 2.37. The number of carboxylic acid groups (broad SMARTS) is 1. The zero-order chi connectivity index (χ0) is 23.2. The Bertz CT molecular complexity index is 760. The van der Waals surface area contributed by atoms with Gasteiger partial charge < -0.3 is 19.5 Å². The first-order valence-corrected chi connectivity index (χ1v) is 11.3. The van der Waals surface area contributed by atoms with Crippen molar-refractivity contribution in [2.24, 2.45) is 5.41 Å². The summed E-state index contributed by atoms with van der Waals surface area (Å²) < 4.78 is 12.0. The molecule has 0 aromatic heterocycles. The topological polar surface area (TPSA) is 79.3 Å². The van der Waals surface area contributed by atoms with Crippen molar-refractivity contribution in [3.63, 3.8) is 0 Å². The van der Waals surface area contributed by atoms with Crippen molar-refractivity contribution >= 4 is 11.9 Å². The Morgan fingerprint density at radius 1 is 1.23 bits per heavy atom. The second kappa shape index (κ2) is 10.8. The third-order valence-electron chi connectivity index (χ3n) is 5.17. The first kappa shape index (κ1) is 25.0. The monoisotopic (exact) mass is 434 g/mol. The zero-order valence-corrected chi connectivity index (χ0v) is 19.9. The summed E-state index contributed by atoms with van der Waals surface area (Å²) in [6, 6.07) is 0. The lowest BCUT2D eigenvalue weighted by Gasteiger charge is -2.40. The van der Waals surface area contributed by atoms with Gasteiger partial charge >= 0.3 is 6.09 Å². The van der Waals surface area contributed by atoms with E-state index in [1.165, 1.54) is 11.9 Å². The molecule has 1 N–H and O–H groups in total. The molecule has 1 unspecified atom stereocenters. The molecule has 0 radical (unpaired) electrons. The molecule has 1 aliphatic heterocycles. The molecular weight excluding hydrogens is 396 g/mol.